The van der Waals surface area contributed by atoms with Crippen LogP contribution in [-0.2, 0) is 0 Å². The van der Waals surface area contributed by atoms with Crippen LogP contribution < -0.4 is 10.2 Å². The summed E-state index contributed by atoms with van der Waals surface area (Å²) in [4.78, 5) is 2.30. The molecule has 2 rings (SSSR count). The van der Waals surface area contributed by atoms with Gasteiger partial charge in [-0.25, -0.2) is 4.39 Å². The Labute approximate surface area is 104 Å². The number of halogens is 2. The highest BCUT2D eigenvalue weighted by atomic mass is 79.9. The fourth-order valence-corrected chi connectivity index (χ4v) is 2.47. The summed E-state index contributed by atoms with van der Waals surface area (Å²) in [6.45, 7) is 2.06. The lowest BCUT2D eigenvalue weighted by molar-refractivity contribution is 0.442. The summed E-state index contributed by atoms with van der Waals surface area (Å²) in [6.07, 6.45) is 2.29. The first-order valence-electron chi connectivity index (χ1n) is 5.58. The van der Waals surface area contributed by atoms with Crippen molar-refractivity contribution in [1.29, 1.82) is 0 Å². The fourth-order valence-electron chi connectivity index (χ4n) is 2.11. The van der Waals surface area contributed by atoms with E-state index in [1.54, 1.807) is 0 Å². The van der Waals surface area contributed by atoms with Crippen molar-refractivity contribution in [3.63, 3.8) is 0 Å². The minimum absolute atomic E-state index is 0.200. The Morgan fingerprint density at radius 3 is 2.62 bits per heavy atom. The fraction of sp³-hybridized carbons (Fsp3) is 0.500. The Kier molecular flexibility index (Phi) is 3.82. The van der Waals surface area contributed by atoms with Crippen LogP contribution in [0.3, 0.4) is 0 Å². The Morgan fingerprint density at radius 1 is 1.38 bits per heavy atom. The Balaban J connectivity index is 2.05. The molecular formula is C12H16BrFN2. The van der Waals surface area contributed by atoms with E-state index in [0.717, 1.165) is 31.6 Å². The molecule has 1 aliphatic rings. The van der Waals surface area contributed by atoms with Gasteiger partial charge in [-0.3, -0.25) is 0 Å². The molecule has 1 aromatic carbocycles. The molecule has 1 saturated heterocycles. The number of benzene rings is 1. The van der Waals surface area contributed by atoms with Crippen LogP contribution in [-0.4, -0.2) is 26.2 Å². The van der Waals surface area contributed by atoms with Crippen LogP contribution in [0.2, 0.25) is 0 Å². The monoisotopic (exact) mass is 286 g/mol. The molecule has 4 heteroatoms. The molecule has 0 saturated carbocycles. The largest absolute Gasteiger partial charge is 0.371 e. The van der Waals surface area contributed by atoms with E-state index in [1.165, 1.54) is 6.07 Å². The van der Waals surface area contributed by atoms with Crippen LogP contribution in [0.25, 0.3) is 0 Å². The first-order chi connectivity index (χ1) is 7.70. The van der Waals surface area contributed by atoms with Gasteiger partial charge in [-0.1, -0.05) is 0 Å². The van der Waals surface area contributed by atoms with Gasteiger partial charge in [0.05, 0.1) is 4.47 Å². The standard InChI is InChI=1S/C12H16BrFN2/c1-15-9-4-6-16(7-5-9)10-2-3-12(14)11(13)8-10/h2-3,8-9,15H,4-7H2,1H3. The normalized spacial score (nSPS) is 17.8. The summed E-state index contributed by atoms with van der Waals surface area (Å²) in [5.74, 6) is -0.200. The summed E-state index contributed by atoms with van der Waals surface area (Å²) in [6, 6.07) is 5.85. The zero-order valence-electron chi connectivity index (χ0n) is 9.34. The zero-order chi connectivity index (χ0) is 11.5. The lowest BCUT2D eigenvalue weighted by Gasteiger charge is -2.33. The third kappa shape index (κ3) is 2.55. The predicted molar refractivity (Wildman–Crippen MR) is 68.4 cm³/mol. The molecule has 16 heavy (non-hydrogen) atoms. The third-order valence-electron chi connectivity index (χ3n) is 3.17. The van der Waals surface area contributed by atoms with Gasteiger partial charge in [-0.05, 0) is 54.0 Å². The topological polar surface area (TPSA) is 15.3 Å². The number of hydrogen-bond donors (Lipinski definition) is 1. The minimum Gasteiger partial charge on any atom is -0.371 e. The predicted octanol–water partition coefficient (Wildman–Crippen LogP) is 2.78. The van der Waals surface area contributed by atoms with Crippen molar-refractivity contribution in [2.24, 2.45) is 0 Å². The van der Waals surface area contributed by atoms with Crippen molar-refractivity contribution in [3.8, 4) is 0 Å². The van der Waals surface area contributed by atoms with Gasteiger partial charge in [-0.15, -0.1) is 0 Å². The SMILES string of the molecule is CNC1CCN(c2ccc(F)c(Br)c2)CC1. The Hall–Kier alpha value is -0.610. The van der Waals surface area contributed by atoms with Crippen molar-refractivity contribution in [1.82, 2.24) is 5.32 Å². The summed E-state index contributed by atoms with van der Waals surface area (Å²) in [5, 5.41) is 3.30. The number of nitrogens with zero attached hydrogens (tertiary/aromatic N) is 1. The molecular weight excluding hydrogens is 271 g/mol. The molecule has 0 aliphatic carbocycles. The van der Waals surface area contributed by atoms with Crippen molar-refractivity contribution in [2.75, 3.05) is 25.0 Å². The third-order valence-corrected chi connectivity index (χ3v) is 3.78. The second-order valence-electron chi connectivity index (χ2n) is 4.15. The lowest BCUT2D eigenvalue weighted by atomic mass is 10.0. The van der Waals surface area contributed by atoms with E-state index in [9.17, 15) is 4.39 Å². The quantitative estimate of drug-likeness (QED) is 0.899. The van der Waals surface area contributed by atoms with E-state index in [2.05, 4.69) is 26.1 Å². The zero-order valence-corrected chi connectivity index (χ0v) is 10.9. The highest BCUT2D eigenvalue weighted by molar-refractivity contribution is 9.10. The first kappa shape index (κ1) is 11.9. The summed E-state index contributed by atoms with van der Waals surface area (Å²) < 4.78 is 13.6. The van der Waals surface area contributed by atoms with Gasteiger partial charge < -0.3 is 10.2 Å². The van der Waals surface area contributed by atoms with Crippen molar-refractivity contribution in [2.45, 2.75) is 18.9 Å². The molecule has 1 fully saturated rings. The highest BCUT2D eigenvalue weighted by Crippen LogP contribution is 2.25. The molecule has 0 bridgehead atoms. The molecule has 0 spiro atoms. The molecule has 0 unspecified atom stereocenters. The Morgan fingerprint density at radius 2 is 2.06 bits per heavy atom. The van der Waals surface area contributed by atoms with E-state index in [0.29, 0.717) is 10.5 Å². The molecule has 1 aromatic rings. The summed E-state index contributed by atoms with van der Waals surface area (Å²) >= 11 is 3.22. The summed E-state index contributed by atoms with van der Waals surface area (Å²) in [5.41, 5.74) is 1.10. The Bertz CT molecular complexity index is 362. The number of rotatable bonds is 2. The molecule has 1 heterocycles. The number of hydrogen-bond acceptors (Lipinski definition) is 2. The van der Waals surface area contributed by atoms with E-state index in [1.807, 2.05) is 19.2 Å². The van der Waals surface area contributed by atoms with Crippen LogP contribution >= 0.6 is 15.9 Å². The molecule has 88 valence electrons. The van der Waals surface area contributed by atoms with Gasteiger partial charge in [0.25, 0.3) is 0 Å². The molecule has 0 atom stereocenters. The van der Waals surface area contributed by atoms with Crippen LogP contribution in [0.5, 0.6) is 0 Å². The maximum atomic E-state index is 13.1. The molecule has 0 aromatic heterocycles. The molecule has 1 aliphatic heterocycles. The van der Waals surface area contributed by atoms with Crippen molar-refractivity contribution in [3.05, 3.63) is 28.5 Å². The van der Waals surface area contributed by atoms with Gasteiger partial charge in [0, 0.05) is 24.8 Å². The highest BCUT2D eigenvalue weighted by Gasteiger charge is 2.18. The van der Waals surface area contributed by atoms with Crippen LogP contribution in [0.4, 0.5) is 10.1 Å². The second kappa shape index (κ2) is 5.15. The maximum absolute atomic E-state index is 13.1. The second-order valence-corrected chi connectivity index (χ2v) is 5.00. The number of nitrogens with one attached hydrogen (secondary N) is 1. The van der Waals surface area contributed by atoms with E-state index >= 15 is 0 Å². The van der Waals surface area contributed by atoms with E-state index in [-0.39, 0.29) is 5.82 Å². The maximum Gasteiger partial charge on any atom is 0.137 e. The average Bonchev–Trinajstić information content (AvgIpc) is 2.33. The van der Waals surface area contributed by atoms with Crippen LogP contribution in [0.1, 0.15) is 12.8 Å². The molecule has 2 nitrogen and oxygen atoms in total. The molecule has 0 amide bonds. The van der Waals surface area contributed by atoms with Gasteiger partial charge in [0.1, 0.15) is 5.82 Å². The van der Waals surface area contributed by atoms with Crippen molar-refractivity contribution >= 4 is 21.6 Å². The van der Waals surface area contributed by atoms with Gasteiger partial charge in [-0.2, -0.15) is 0 Å². The van der Waals surface area contributed by atoms with E-state index in [4.69, 9.17) is 0 Å². The average molecular weight is 287 g/mol. The van der Waals surface area contributed by atoms with Gasteiger partial charge >= 0.3 is 0 Å². The first-order valence-corrected chi connectivity index (χ1v) is 6.37. The smallest absolute Gasteiger partial charge is 0.137 e. The van der Waals surface area contributed by atoms with Gasteiger partial charge in [0.15, 0.2) is 0 Å². The van der Waals surface area contributed by atoms with E-state index < -0.39 is 0 Å². The lowest BCUT2D eigenvalue weighted by Crippen LogP contribution is -2.41. The summed E-state index contributed by atoms with van der Waals surface area (Å²) in [7, 11) is 2.01. The molecule has 1 N–H and O–H groups in total. The minimum atomic E-state index is -0.200. The number of anilines is 1. The van der Waals surface area contributed by atoms with Gasteiger partial charge in [0.2, 0.25) is 0 Å². The van der Waals surface area contributed by atoms with Crippen molar-refractivity contribution < 1.29 is 4.39 Å². The van der Waals surface area contributed by atoms with Crippen LogP contribution in [0.15, 0.2) is 22.7 Å². The molecule has 0 radical (unpaired) electrons. The number of piperidine rings is 1. The van der Waals surface area contributed by atoms with Crippen LogP contribution in [0, 0.1) is 5.82 Å².